The molecule has 0 bridgehead atoms. The lowest BCUT2D eigenvalue weighted by Crippen LogP contribution is -2.50. The second kappa shape index (κ2) is 11.9. The van der Waals surface area contributed by atoms with Crippen molar-refractivity contribution in [1.82, 2.24) is 5.32 Å². The highest BCUT2D eigenvalue weighted by molar-refractivity contribution is 5.13. The molecule has 0 saturated heterocycles. The fourth-order valence-electron chi connectivity index (χ4n) is 2.50. The molecule has 0 aliphatic heterocycles. The zero-order valence-electron chi connectivity index (χ0n) is 18.8. The zero-order chi connectivity index (χ0) is 21.2. The fraction of sp³-hybridized carbons (Fsp3) is 0.739. The first-order chi connectivity index (χ1) is 13.0. The first-order valence-corrected chi connectivity index (χ1v) is 10.2. The summed E-state index contributed by atoms with van der Waals surface area (Å²) in [5.41, 5.74) is 1.23. The maximum Gasteiger partial charge on any atom is 0.172 e. The van der Waals surface area contributed by atoms with E-state index in [4.69, 9.17) is 14.2 Å². The predicted molar refractivity (Wildman–Crippen MR) is 114 cm³/mol. The van der Waals surface area contributed by atoms with Crippen molar-refractivity contribution in [3.05, 3.63) is 35.9 Å². The molecule has 1 rings (SSSR count). The molecule has 0 heterocycles. The Balaban J connectivity index is 2.56. The second-order valence-corrected chi connectivity index (χ2v) is 9.95. The fourth-order valence-corrected chi connectivity index (χ4v) is 2.50. The largest absolute Gasteiger partial charge is 0.395 e. The van der Waals surface area contributed by atoms with E-state index >= 15 is 0 Å². The Morgan fingerprint density at radius 1 is 0.929 bits per heavy atom. The number of aliphatic hydroxyl groups excluding tert-OH is 1. The molecule has 5 nitrogen and oxygen atoms in total. The van der Waals surface area contributed by atoms with E-state index in [9.17, 15) is 5.11 Å². The van der Waals surface area contributed by atoms with E-state index in [-0.39, 0.29) is 35.8 Å². The summed E-state index contributed by atoms with van der Waals surface area (Å²) in [5.74, 6) is 0. The SMILES string of the molecule is C[C@@H](N[C@H](CO)COCc1ccccc1)C(OCC(C)(C)C)OCC(C)(C)C. The summed E-state index contributed by atoms with van der Waals surface area (Å²) in [4.78, 5) is 0. The van der Waals surface area contributed by atoms with Gasteiger partial charge in [0.15, 0.2) is 6.29 Å². The van der Waals surface area contributed by atoms with Crippen LogP contribution < -0.4 is 5.32 Å². The van der Waals surface area contributed by atoms with Crippen LogP contribution in [0.3, 0.4) is 0 Å². The summed E-state index contributed by atoms with van der Waals surface area (Å²) in [6.45, 7) is 17.0. The molecule has 28 heavy (non-hydrogen) atoms. The molecule has 0 fully saturated rings. The van der Waals surface area contributed by atoms with Crippen molar-refractivity contribution in [2.24, 2.45) is 10.8 Å². The van der Waals surface area contributed by atoms with E-state index in [1.165, 1.54) is 0 Å². The molecular weight excluding hydrogens is 354 g/mol. The summed E-state index contributed by atoms with van der Waals surface area (Å²) >= 11 is 0. The number of benzene rings is 1. The lowest BCUT2D eigenvalue weighted by Gasteiger charge is -2.32. The lowest BCUT2D eigenvalue weighted by atomic mass is 9.98. The number of ether oxygens (including phenoxy) is 3. The molecule has 0 radical (unpaired) electrons. The molecule has 0 spiro atoms. The highest BCUT2D eigenvalue weighted by atomic mass is 16.7. The van der Waals surface area contributed by atoms with Crippen molar-refractivity contribution >= 4 is 0 Å². The van der Waals surface area contributed by atoms with Gasteiger partial charge < -0.3 is 24.6 Å². The van der Waals surface area contributed by atoms with Gasteiger partial charge in [-0.2, -0.15) is 0 Å². The van der Waals surface area contributed by atoms with Crippen LogP contribution in [0.1, 0.15) is 54.0 Å². The van der Waals surface area contributed by atoms with Gasteiger partial charge in [0.25, 0.3) is 0 Å². The minimum atomic E-state index is -0.387. The Kier molecular flexibility index (Phi) is 10.6. The summed E-state index contributed by atoms with van der Waals surface area (Å²) in [6, 6.07) is 9.76. The van der Waals surface area contributed by atoms with Crippen LogP contribution in [0.2, 0.25) is 0 Å². The van der Waals surface area contributed by atoms with Crippen molar-refractivity contribution in [2.45, 2.75) is 73.4 Å². The van der Waals surface area contributed by atoms with E-state index in [1.54, 1.807) is 0 Å². The zero-order valence-corrected chi connectivity index (χ0v) is 18.8. The smallest absolute Gasteiger partial charge is 0.172 e. The van der Waals surface area contributed by atoms with Gasteiger partial charge in [-0.1, -0.05) is 71.9 Å². The second-order valence-electron chi connectivity index (χ2n) is 9.95. The average molecular weight is 396 g/mol. The molecule has 1 aromatic rings. The van der Waals surface area contributed by atoms with Gasteiger partial charge >= 0.3 is 0 Å². The summed E-state index contributed by atoms with van der Waals surface area (Å²) in [6.07, 6.45) is -0.387. The Bertz CT molecular complexity index is 504. The summed E-state index contributed by atoms with van der Waals surface area (Å²) in [5, 5.41) is 13.1. The quantitative estimate of drug-likeness (QED) is 0.524. The molecule has 162 valence electrons. The van der Waals surface area contributed by atoms with Crippen LogP contribution >= 0.6 is 0 Å². The molecule has 0 aliphatic carbocycles. The average Bonchev–Trinajstić information content (AvgIpc) is 2.59. The molecule has 0 aliphatic rings. The molecular formula is C23H41NO4. The van der Waals surface area contributed by atoms with Gasteiger partial charge in [0.05, 0.1) is 45.1 Å². The number of nitrogens with one attached hydrogen (secondary N) is 1. The first kappa shape index (κ1) is 25.1. The number of aliphatic hydroxyl groups is 1. The van der Waals surface area contributed by atoms with E-state index in [0.29, 0.717) is 26.4 Å². The monoisotopic (exact) mass is 395 g/mol. The van der Waals surface area contributed by atoms with Crippen LogP contribution in [-0.4, -0.2) is 49.9 Å². The van der Waals surface area contributed by atoms with Crippen molar-refractivity contribution < 1.29 is 19.3 Å². The van der Waals surface area contributed by atoms with Crippen LogP contribution in [0.15, 0.2) is 30.3 Å². The van der Waals surface area contributed by atoms with Gasteiger partial charge in [-0.05, 0) is 23.3 Å². The molecule has 0 saturated carbocycles. The van der Waals surface area contributed by atoms with Gasteiger partial charge in [0.2, 0.25) is 0 Å². The Morgan fingerprint density at radius 3 is 1.93 bits per heavy atom. The first-order valence-electron chi connectivity index (χ1n) is 10.2. The Morgan fingerprint density at radius 2 is 1.46 bits per heavy atom. The third kappa shape index (κ3) is 11.8. The molecule has 0 aromatic heterocycles. The van der Waals surface area contributed by atoms with Crippen molar-refractivity contribution in [3.8, 4) is 0 Å². The number of hydrogen-bond donors (Lipinski definition) is 2. The van der Waals surface area contributed by atoms with E-state index in [2.05, 4.69) is 46.9 Å². The highest BCUT2D eigenvalue weighted by Gasteiger charge is 2.26. The maximum atomic E-state index is 9.75. The molecule has 1 aromatic carbocycles. The standard InChI is InChI=1S/C23H41NO4/c1-18(21(27-16-22(2,3)4)28-17-23(5,6)7)24-20(13-25)15-26-14-19-11-9-8-10-12-19/h8-12,18,20-21,24-25H,13-17H2,1-7H3/t18-,20-/m1/s1. The van der Waals surface area contributed by atoms with Gasteiger partial charge in [-0.15, -0.1) is 0 Å². The predicted octanol–water partition coefficient (Wildman–Crippen LogP) is 3.99. The topological polar surface area (TPSA) is 60.0 Å². The van der Waals surface area contributed by atoms with Gasteiger partial charge in [-0.25, -0.2) is 0 Å². The van der Waals surface area contributed by atoms with Crippen LogP contribution in [0.4, 0.5) is 0 Å². The Hall–Kier alpha value is -0.980. The highest BCUT2D eigenvalue weighted by Crippen LogP contribution is 2.19. The van der Waals surface area contributed by atoms with Gasteiger partial charge in [0.1, 0.15) is 0 Å². The van der Waals surface area contributed by atoms with Gasteiger partial charge in [0, 0.05) is 0 Å². The van der Waals surface area contributed by atoms with Crippen molar-refractivity contribution in [1.29, 1.82) is 0 Å². The summed E-state index contributed by atoms with van der Waals surface area (Å²) < 4.78 is 17.9. The van der Waals surface area contributed by atoms with Crippen LogP contribution in [0, 0.1) is 10.8 Å². The number of hydrogen-bond acceptors (Lipinski definition) is 5. The Labute approximate surface area is 171 Å². The van der Waals surface area contributed by atoms with Crippen molar-refractivity contribution in [3.63, 3.8) is 0 Å². The van der Waals surface area contributed by atoms with E-state index in [0.717, 1.165) is 5.56 Å². The molecule has 2 N–H and O–H groups in total. The van der Waals surface area contributed by atoms with E-state index < -0.39 is 0 Å². The third-order valence-electron chi connectivity index (χ3n) is 3.92. The minimum Gasteiger partial charge on any atom is -0.395 e. The minimum absolute atomic E-state index is 0.00953. The molecule has 2 atom stereocenters. The maximum absolute atomic E-state index is 9.75. The van der Waals surface area contributed by atoms with E-state index in [1.807, 2.05) is 37.3 Å². The van der Waals surface area contributed by atoms with Crippen LogP contribution in [0.25, 0.3) is 0 Å². The normalized spacial score (nSPS) is 15.0. The third-order valence-corrected chi connectivity index (χ3v) is 3.92. The molecule has 0 unspecified atom stereocenters. The summed E-state index contributed by atoms with van der Waals surface area (Å²) in [7, 11) is 0. The van der Waals surface area contributed by atoms with Crippen LogP contribution in [0.5, 0.6) is 0 Å². The lowest BCUT2D eigenvalue weighted by molar-refractivity contribution is -0.183. The van der Waals surface area contributed by atoms with Crippen molar-refractivity contribution in [2.75, 3.05) is 26.4 Å². The van der Waals surface area contributed by atoms with Crippen LogP contribution in [-0.2, 0) is 20.8 Å². The number of rotatable bonds is 12. The molecule has 0 amide bonds. The van der Waals surface area contributed by atoms with Gasteiger partial charge in [-0.3, -0.25) is 0 Å². The molecule has 5 heteroatoms.